The van der Waals surface area contributed by atoms with Crippen LogP contribution in [0.1, 0.15) is 5.56 Å². The zero-order chi connectivity index (χ0) is 15.2. The second-order valence-corrected chi connectivity index (χ2v) is 5.87. The number of carbonyl (C=O) groups is 1. The fraction of sp³-hybridized carbons (Fsp3) is 0.0625. The summed E-state index contributed by atoms with van der Waals surface area (Å²) in [6.07, 6.45) is 0.922. The van der Waals surface area contributed by atoms with Gasteiger partial charge in [-0.05, 0) is 37.3 Å². The molecule has 0 aromatic heterocycles. The number of anilines is 1. The zero-order valence-corrected chi connectivity index (χ0v) is 12.8. The predicted octanol–water partition coefficient (Wildman–Crippen LogP) is 5.19. The summed E-state index contributed by atoms with van der Waals surface area (Å²) in [7, 11) is 0. The summed E-state index contributed by atoms with van der Waals surface area (Å²) < 4.78 is 13.8. The van der Waals surface area contributed by atoms with Crippen LogP contribution in [0.25, 0.3) is 0 Å². The van der Waals surface area contributed by atoms with Gasteiger partial charge in [-0.15, -0.1) is 0 Å². The van der Waals surface area contributed by atoms with Crippen LogP contribution in [0.15, 0.2) is 64.7 Å². The van der Waals surface area contributed by atoms with E-state index < -0.39 is 11.1 Å². The first-order valence-electron chi connectivity index (χ1n) is 6.21. The molecule has 0 saturated carbocycles. The van der Waals surface area contributed by atoms with E-state index in [1.807, 2.05) is 31.2 Å². The zero-order valence-electron chi connectivity index (χ0n) is 11.3. The number of hydrogen-bond acceptors (Lipinski definition) is 2. The van der Waals surface area contributed by atoms with E-state index in [0.29, 0.717) is 10.7 Å². The van der Waals surface area contributed by atoms with Crippen LogP contribution in [0.3, 0.4) is 0 Å². The quantitative estimate of drug-likeness (QED) is 0.620. The standard InChI is InChI=1S/C16H13ClFNOS/c1-11-5-7-14(8-6-11)21-15(18)10-16(20)19-13-4-2-3-12(17)9-13/h2-10H,1H3,(H,19,20). The molecule has 0 spiro atoms. The van der Waals surface area contributed by atoms with Gasteiger partial charge in [0.15, 0.2) is 5.16 Å². The Morgan fingerprint density at radius 3 is 2.62 bits per heavy atom. The molecular formula is C16H13ClFNOS. The fourth-order valence-electron chi connectivity index (χ4n) is 1.60. The van der Waals surface area contributed by atoms with Gasteiger partial charge >= 0.3 is 0 Å². The lowest BCUT2D eigenvalue weighted by Gasteiger charge is -2.03. The normalized spacial score (nSPS) is 11.3. The van der Waals surface area contributed by atoms with Crippen molar-refractivity contribution in [3.63, 3.8) is 0 Å². The van der Waals surface area contributed by atoms with Gasteiger partial charge in [-0.2, -0.15) is 4.39 Å². The molecule has 0 saturated heterocycles. The molecule has 21 heavy (non-hydrogen) atoms. The molecule has 0 aliphatic rings. The second-order valence-electron chi connectivity index (χ2n) is 4.36. The lowest BCUT2D eigenvalue weighted by atomic mass is 10.2. The van der Waals surface area contributed by atoms with Crippen LogP contribution in [-0.2, 0) is 4.79 Å². The van der Waals surface area contributed by atoms with E-state index >= 15 is 0 Å². The van der Waals surface area contributed by atoms with Crippen molar-refractivity contribution in [3.8, 4) is 0 Å². The minimum atomic E-state index is -0.571. The van der Waals surface area contributed by atoms with Crippen LogP contribution in [0.5, 0.6) is 0 Å². The van der Waals surface area contributed by atoms with Crippen molar-refractivity contribution < 1.29 is 9.18 Å². The molecular weight excluding hydrogens is 309 g/mol. The Kier molecular flexibility index (Phi) is 5.42. The average Bonchev–Trinajstić information content (AvgIpc) is 2.41. The van der Waals surface area contributed by atoms with Crippen LogP contribution < -0.4 is 5.32 Å². The van der Waals surface area contributed by atoms with Crippen LogP contribution in [0.4, 0.5) is 10.1 Å². The Balaban J connectivity index is 1.98. The van der Waals surface area contributed by atoms with Crippen molar-refractivity contribution in [3.05, 3.63) is 70.4 Å². The topological polar surface area (TPSA) is 29.1 Å². The molecule has 2 aromatic rings. The minimum Gasteiger partial charge on any atom is -0.322 e. The number of amides is 1. The Morgan fingerprint density at radius 2 is 1.95 bits per heavy atom. The second kappa shape index (κ2) is 7.29. The average molecular weight is 322 g/mol. The molecule has 0 heterocycles. The highest BCUT2D eigenvalue weighted by molar-refractivity contribution is 8.02. The number of hydrogen-bond donors (Lipinski definition) is 1. The summed E-state index contributed by atoms with van der Waals surface area (Å²) >= 11 is 6.71. The highest BCUT2D eigenvalue weighted by Crippen LogP contribution is 2.27. The molecule has 0 aliphatic heterocycles. The van der Waals surface area contributed by atoms with Crippen LogP contribution in [-0.4, -0.2) is 5.91 Å². The van der Waals surface area contributed by atoms with E-state index in [0.717, 1.165) is 28.3 Å². The SMILES string of the molecule is Cc1ccc(SC(F)=CC(=O)Nc2cccc(Cl)c2)cc1. The predicted molar refractivity (Wildman–Crippen MR) is 86.3 cm³/mol. The van der Waals surface area contributed by atoms with Crippen LogP contribution in [0, 0.1) is 6.92 Å². The van der Waals surface area contributed by atoms with Crippen LogP contribution in [0.2, 0.25) is 5.02 Å². The van der Waals surface area contributed by atoms with E-state index in [9.17, 15) is 9.18 Å². The largest absolute Gasteiger partial charge is 0.322 e. The molecule has 108 valence electrons. The van der Waals surface area contributed by atoms with Crippen molar-refractivity contribution >= 4 is 35.0 Å². The molecule has 0 radical (unpaired) electrons. The number of benzene rings is 2. The van der Waals surface area contributed by atoms with Crippen molar-refractivity contribution in [2.45, 2.75) is 11.8 Å². The number of halogens is 2. The van der Waals surface area contributed by atoms with Gasteiger partial charge in [-0.3, -0.25) is 4.79 Å². The molecule has 0 atom stereocenters. The first-order chi connectivity index (χ1) is 10.0. The maximum atomic E-state index is 13.8. The van der Waals surface area contributed by atoms with E-state index in [4.69, 9.17) is 11.6 Å². The van der Waals surface area contributed by atoms with E-state index in [-0.39, 0.29) is 0 Å². The first-order valence-corrected chi connectivity index (χ1v) is 7.40. The van der Waals surface area contributed by atoms with Crippen molar-refractivity contribution in [2.75, 3.05) is 5.32 Å². The number of carbonyl (C=O) groups excluding carboxylic acids is 1. The summed E-state index contributed by atoms with van der Waals surface area (Å²) in [5.74, 6) is -0.533. The molecule has 0 aliphatic carbocycles. The molecule has 2 aromatic carbocycles. The third-order valence-electron chi connectivity index (χ3n) is 2.57. The van der Waals surface area contributed by atoms with E-state index in [1.165, 1.54) is 0 Å². The molecule has 0 fully saturated rings. The summed E-state index contributed by atoms with van der Waals surface area (Å²) in [4.78, 5) is 12.4. The first kappa shape index (κ1) is 15.6. The van der Waals surface area contributed by atoms with Gasteiger partial charge in [-0.1, -0.05) is 47.1 Å². The summed E-state index contributed by atoms with van der Waals surface area (Å²) in [6, 6.07) is 14.1. The molecule has 1 amide bonds. The van der Waals surface area contributed by atoms with Gasteiger partial charge in [0, 0.05) is 21.7 Å². The Bertz CT molecular complexity index is 670. The van der Waals surface area contributed by atoms with Crippen molar-refractivity contribution in [1.29, 1.82) is 0 Å². The number of aryl methyl sites for hydroxylation is 1. The third kappa shape index (κ3) is 5.25. The van der Waals surface area contributed by atoms with Gasteiger partial charge in [0.1, 0.15) is 0 Å². The monoisotopic (exact) mass is 321 g/mol. The van der Waals surface area contributed by atoms with E-state index in [2.05, 4.69) is 5.32 Å². The molecule has 0 unspecified atom stereocenters. The highest BCUT2D eigenvalue weighted by atomic mass is 35.5. The minimum absolute atomic E-state index is 0.506. The maximum absolute atomic E-state index is 13.8. The van der Waals surface area contributed by atoms with Gasteiger partial charge in [0.25, 0.3) is 5.91 Å². The number of thioether (sulfide) groups is 1. The Hall–Kier alpha value is -1.78. The number of nitrogens with one attached hydrogen (secondary N) is 1. The highest BCUT2D eigenvalue weighted by Gasteiger charge is 2.05. The van der Waals surface area contributed by atoms with Gasteiger partial charge in [0.2, 0.25) is 0 Å². The Morgan fingerprint density at radius 1 is 1.24 bits per heavy atom. The molecule has 2 rings (SSSR count). The molecule has 5 heteroatoms. The summed E-state index contributed by atoms with van der Waals surface area (Å²) in [5.41, 5.74) is 1.62. The molecule has 1 N–H and O–H groups in total. The van der Waals surface area contributed by atoms with Gasteiger partial charge in [-0.25, -0.2) is 0 Å². The molecule has 0 bridgehead atoms. The lowest BCUT2D eigenvalue weighted by Crippen LogP contribution is -2.08. The smallest absolute Gasteiger partial charge is 0.251 e. The fourth-order valence-corrected chi connectivity index (χ4v) is 2.45. The molecule has 2 nitrogen and oxygen atoms in total. The number of rotatable bonds is 4. The maximum Gasteiger partial charge on any atom is 0.251 e. The summed E-state index contributed by atoms with van der Waals surface area (Å²) in [6.45, 7) is 1.96. The van der Waals surface area contributed by atoms with Gasteiger partial charge < -0.3 is 5.32 Å². The van der Waals surface area contributed by atoms with Gasteiger partial charge in [0.05, 0.1) is 0 Å². The third-order valence-corrected chi connectivity index (χ3v) is 3.63. The van der Waals surface area contributed by atoms with Crippen molar-refractivity contribution in [2.24, 2.45) is 0 Å². The van der Waals surface area contributed by atoms with E-state index in [1.54, 1.807) is 24.3 Å². The van der Waals surface area contributed by atoms with Crippen LogP contribution >= 0.6 is 23.4 Å². The van der Waals surface area contributed by atoms with Crippen molar-refractivity contribution in [1.82, 2.24) is 0 Å². The Labute approximate surface area is 132 Å². The summed E-state index contributed by atoms with van der Waals surface area (Å²) in [5, 5.41) is 2.49. The lowest BCUT2D eigenvalue weighted by molar-refractivity contribution is -0.112.